The highest BCUT2D eigenvalue weighted by Gasteiger charge is 2.30. The summed E-state index contributed by atoms with van der Waals surface area (Å²) in [7, 11) is 0. The van der Waals surface area contributed by atoms with Crippen molar-refractivity contribution in [3.05, 3.63) is 58.6 Å². The number of carbonyl (C=O) groups excluding carboxylic acids is 1. The maximum absolute atomic E-state index is 12.6. The number of pyridine rings is 1. The molecule has 0 aliphatic heterocycles. The molecule has 0 unspecified atom stereocenters. The third-order valence-electron chi connectivity index (χ3n) is 3.75. The lowest BCUT2D eigenvalue weighted by molar-refractivity contribution is -0.137. The van der Waals surface area contributed by atoms with Crippen LogP contribution < -0.4 is 5.32 Å². The molecule has 3 N–H and O–H groups in total. The van der Waals surface area contributed by atoms with Crippen LogP contribution in [0.3, 0.4) is 0 Å². The number of amides is 1. The maximum Gasteiger partial charge on any atom is 0.417 e. The Balaban J connectivity index is 1.76. The number of thiazole rings is 1. The van der Waals surface area contributed by atoms with Crippen molar-refractivity contribution < 1.29 is 28.2 Å². The summed E-state index contributed by atoms with van der Waals surface area (Å²) >= 11 is 1.01. The average Bonchev–Trinajstić information content (AvgIpc) is 3.16. The largest absolute Gasteiger partial charge is 0.504 e. The molecule has 3 rings (SSSR count). The van der Waals surface area contributed by atoms with E-state index in [1.165, 1.54) is 35.7 Å². The second-order valence-corrected chi connectivity index (χ2v) is 6.70. The van der Waals surface area contributed by atoms with Crippen molar-refractivity contribution in [2.45, 2.75) is 6.18 Å². The molecule has 0 bridgehead atoms. The lowest BCUT2D eigenvalue weighted by atomic mass is 10.1. The van der Waals surface area contributed by atoms with Gasteiger partial charge in [-0.25, -0.2) is 4.98 Å². The summed E-state index contributed by atoms with van der Waals surface area (Å²) in [4.78, 5) is 20.1. The highest BCUT2D eigenvalue weighted by Crippen LogP contribution is 2.31. The van der Waals surface area contributed by atoms with Crippen LogP contribution in [0.15, 0.2) is 47.5 Å². The van der Waals surface area contributed by atoms with E-state index in [9.17, 15) is 33.4 Å². The molecule has 0 radical (unpaired) electrons. The van der Waals surface area contributed by atoms with Crippen LogP contribution >= 0.6 is 11.3 Å². The quantitative estimate of drug-likeness (QED) is 0.323. The highest BCUT2D eigenvalue weighted by atomic mass is 32.1. The topological polar surface area (TPSA) is 119 Å². The normalized spacial score (nSPS) is 11.7. The summed E-state index contributed by atoms with van der Waals surface area (Å²) in [6.07, 6.45) is -2.60. The Bertz CT molecular complexity index is 1170. The Labute approximate surface area is 171 Å². The van der Waals surface area contributed by atoms with Crippen LogP contribution in [0.1, 0.15) is 11.1 Å². The molecule has 7 nitrogen and oxygen atoms in total. The molecule has 1 aromatic carbocycles. The van der Waals surface area contributed by atoms with Crippen molar-refractivity contribution in [1.29, 1.82) is 5.26 Å². The molecule has 3 aromatic rings. The van der Waals surface area contributed by atoms with Crippen molar-refractivity contribution in [2.24, 2.45) is 0 Å². The molecular formula is C19H11F3N4O3S. The predicted octanol–water partition coefficient (Wildman–Crippen LogP) is 4.18. The first-order valence-corrected chi connectivity index (χ1v) is 8.99. The zero-order valence-corrected chi connectivity index (χ0v) is 15.6. The van der Waals surface area contributed by atoms with Crippen LogP contribution in [-0.4, -0.2) is 26.1 Å². The van der Waals surface area contributed by atoms with E-state index in [1.54, 1.807) is 6.07 Å². The van der Waals surface area contributed by atoms with Gasteiger partial charge in [0.15, 0.2) is 16.6 Å². The molecule has 0 fully saturated rings. The molecule has 0 saturated carbocycles. The van der Waals surface area contributed by atoms with Gasteiger partial charge < -0.3 is 10.2 Å². The Morgan fingerprint density at radius 1 is 1.17 bits per heavy atom. The summed E-state index contributed by atoms with van der Waals surface area (Å²) in [5, 5.41) is 32.1. The van der Waals surface area contributed by atoms with Crippen LogP contribution in [0.5, 0.6) is 11.5 Å². The zero-order valence-electron chi connectivity index (χ0n) is 14.8. The number of anilines is 1. The lowest BCUT2D eigenvalue weighted by Gasteiger charge is -2.05. The molecule has 30 heavy (non-hydrogen) atoms. The molecule has 0 spiro atoms. The number of aromatic hydroxyl groups is 2. The van der Waals surface area contributed by atoms with Crippen LogP contribution in [0.2, 0.25) is 0 Å². The molecule has 0 aliphatic rings. The molecular weight excluding hydrogens is 421 g/mol. The highest BCUT2D eigenvalue weighted by molar-refractivity contribution is 7.14. The van der Waals surface area contributed by atoms with Gasteiger partial charge in [-0.15, -0.1) is 11.3 Å². The summed E-state index contributed by atoms with van der Waals surface area (Å²) < 4.78 is 37.9. The number of nitriles is 1. The first-order valence-electron chi connectivity index (χ1n) is 8.11. The van der Waals surface area contributed by atoms with Crippen LogP contribution in [0, 0.1) is 11.3 Å². The fraction of sp³-hybridized carbons (Fsp3) is 0.0526. The van der Waals surface area contributed by atoms with E-state index in [0.717, 1.165) is 17.4 Å². The smallest absolute Gasteiger partial charge is 0.417 e. The number of phenolic OH excluding ortho intramolecular Hbond substituents is 2. The average molecular weight is 432 g/mol. The second kappa shape index (κ2) is 8.22. The molecule has 0 atom stereocenters. The summed E-state index contributed by atoms with van der Waals surface area (Å²) in [6, 6.07) is 7.56. The van der Waals surface area contributed by atoms with E-state index in [0.29, 0.717) is 11.8 Å². The van der Waals surface area contributed by atoms with Gasteiger partial charge in [-0.1, -0.05) is 6.07 Å². The van der Waals surface area contributed by atoms with Crippen molar-refractivity contribution in [2.75, 3.05) is 5.32 Å². The SMILES string of the molecule is N#C/C(=C\c1ccc(O)c(O)c1)C(=O)Nc1nc(-c2ccc(C(F)(F)F)cn2)cs1. The van der Waals surface area contributed by atoms with Crippen molar-refractivity contribution >= 4 is 28.5 Å². The van der Waals surface area contributed by atoms with Crippen LogP contribution in [-0.2, 0) is 11.0 Å². The van der Waals surface area contributed by atoms with E-state index in [4.69, 9.17) is 0 Å². The third kappa shape index (κ3) is 4.73. The first-order chi connectivity index (χ1) is 14.2. The fourth-order valence-electron chi connectivity index (χ4n) is 2.27. The molecule has 2 aromatic heterocycles. The number of carbonyl (C=O) groups is 1. The molecule has 2 heterocycles. The van der Waals surface area contributed by atoms with Gasteiger partial charge in [0.2, 0.25) is 0 Å². The van der Waals surface area contributed by atoms with Gasteiger partial charge in [0.25, 0.3) is 5.91 Å². The number of hydrogen-bond acceptors (Lipinski definition) is 7. The molecule has 11 heteroatoms. The fourth-order valence-corrected chi connectivity index (χ4v) is 2.97. The minimum absolute atomic E-state index is 0.117. The van der Waals surface area contributed by atoms with Gasteiger partial charge in [-0.05, 0) is 35.9 Å². The van der Waals surface area contributed by atoms with Crippen molar-refractivity contribution in [3.63, 3.8) is 0 Å². The Morgan fingerprint density at radius 3 is 2.53 bits per heavy atom. The van der Waals surface area contributed by atoms with Crippen molar-refractivity contribution in [3.8, 4) is 29.0 Å². The number of hydrogen-bond donors (Lipinski definition) is 3. The van der Waals surface area contributed by atoms with Crippen LogP contribution in [0.4, 0.5) is 18.3 Å². The van der Waals surface area contributed by atoms with Crippen LogP contribution in [0.25, 0.3) is 17.5 Å². The van der Waals surface area contributed by atoms with Gasteiger partial charge >= 0.3 is 6.18 Å². The molecule has 152 valence electrons. The Morgan fingerprint density at radius 2 is 1.93 bits per heavy atom. The maximum atomic E-state index is 12.6. The van der Waals surface area contributed by atoms with Gasteiger partial charge in [-0.2, -0.15) is 18.4 Å². The first kappa shape index (κ1) is 20.8. The number of halogens is 3. The number of benzene rings is 1. The third-order valence-corrected chi connectivity index (χ3v) is 4.51. The zero-order chi connectivity index (χ0) is 21.9. The monoisotopic (exact) mass is 432 g/mol. The minimum atomic E-state index is -4.50. The predicted molar refractivity (Wildman–Crippen MR) is 102 cm³/mol. The summed E-state index contributed by atoms with van der Waals surface area (Å²) in [5.41, 5.74) is -0.417. The molecule has 1 amide bonds. The molecule has 0 saturated heterocycles. The van der Waals surface area contributed by atoms with E-state index >= 15 is 0 Å². The van der Waals surface area contributed by atoms with Gasteiger partial charge in [0.05, 0.1) is 11.3 Å². The number of nitrogens with zero attached hydrogens (tertiary/aromatic N) is 3. The van der Waals surface area contributed by atoms with E-state index in [1.807, 2.05) is 0 Å². The number of phenols is 2. The molecule has 0 aliphatic carbocycles. The summed E-state index contributed by atoms with van der Waals surface area (Å²) in [6.45, 7) is 0. The minimum Gasteiger partial charge on any atom is -0.504 e. The lowest BCUT2D eigenvalue weighted by Crippen LogP contribution is -2.13. The second-order valence-electron chi connectivity index (χ2n) is 5.84. The Kier molecular flexibility index (Phi) is 5.70. The Hall–Kier alpha value is -3.91. The summed E-state index contributed by atoms with van der Waals surface area (Å²) in [5.74, 6) is -1.52. The van der Waals surface area contributed by atoms with Gasteiger partial charge in [0.1, 0.15) is 17.3 Å². The van der Waals surface area contributed by atoms with E-state index in [2.05, 4.69) is 15.3 Å². The standard InChI is InChI=1S/C19H11F3N4O3S/c20-19(21,22)12-2-3-13(24-8-12)14-9-30-18(25-14)26-17(29)11(7-23)5-10-1-4-15(27)16(28)6-10/h1-6,8-9,27-28H,(H,25,26,29)/b11-5+. The van der Waals surface area contributed by atoms with E-state index < -0.39 is 23.4 Å². The number of nitrogens with one attached hydrogen (secondary N) is 1. The number of rotatable bonds is 4. The van der Waals surface area contributed by atoms with E-state index in [-0.39, 0.29) is 27.8 Å². The van der Waals surface area contributed by atoms with Crippen molar-refractivity contribution in [1.82, 2.24) is 9.97 Å². The number of alkyl halides is 3. The number of aromatic nitrogens is 2. The van der Waals surface area contributed by atoms with Gasteiger partial charge in [0, 0.05) is 11.6 Å². The van der Waals surface area contributed by atoms with Gasteiger partial charge in [-0.3, -0.25) is 15.1 Å².